The summed E-state index contributed by atoms with van der Waals surface area (Å²) < 4.78 is 70.6. The fourth-order valence-corrected chi connectivity index (χ4v) is 7.20. The van der Waals surface area contributed by atoms with Crippen molar-refractivity contribution in [3.05, 3.63) is 89.6 Å². The van der Waals surface area contributed by atoms with E-state index in [1.807, 2.05) is 0 Å². The molecule has 7 amide bonds. The van der Waals surface area contributed by atoms with Gasteiger partial charge in [0.05, 0.1) is 30.0 Å². The molecule has 0 unspecified atom stereocenters. The Labute approximate surface area is 397 Å². The minimum atomic E-state index is -5.25. The quantitative estimate of drug-likeness (QED) is 0.0265. The molecule has 1 saturated heterocycles. The van der Waals surface area contributed by atoms with Crippen LogP contribution in [0.15, 0.2) is 93.0 Å². The molecule has 0 aliphatic carbocycles. The van der Waals surface area contributed by atoms with Gasteiger partial charge in [0.25, 0.3) is 16.0 Å². The second kappa shape index (κ2) is 26.0. The normalized spacial score (nSPS) is 18.8. The summed E-state index contributed by atoms with van der Waals surface area (Å²) in [6.45, 7) is -1.32. The van der Waals surface area contributed by atoms with Crippen LogP contribution in [-0.2, 0) is 56.6 Å². The number of halogens is 3. The van der Waals surface area contributed by atoms with Crippen molar-refractivity contribution in [2.75, 3.05) is 19.6 Å². The number of aliphatic carboxylic acids is 1. The lowest BCUT2D eigenvalue weighted by Crippen LogP contribution is -2.58. The Balaban J connectivity index is 1.49. The zero-order valence-corrected chi connectivity index (χ0v) is 37.7. The number of amides is 7. The molecule has 0 spiro atoms. The Bertz CT molecular complexity index is 2550. The van der Waals surface area contributed by atoms with Crippen molar-refractivity contribution < 1.29 is 69.6 Å². The third kappa shape index (κ3) is 18.3. The van der Waals surface area contributed by atoms with Gasteiger partial charge in [-0.15, -0.1) is 5.11 Å². The van der Waals surface area contributed by atoms with Crippen LogP contribution in [0, 0.1) is 0 Å². The maximum atomic E-state index is 14.0. The lowest BCUT2D eigenvalue weighted by molar-refractivity contribution is -0.171. The summed E-state index contributed by atoms with van der Waals surface area (Å²) in [6.07, 6.45) is -5.29. The molecule has 1 aliphatic rings. The molecule has 3 aromatic rings. The van der Waals surface area contributed by atoms with E-state index in [0.717, 1.165) is 0 Å². The van der Waals surface area contributed by atoms with E-state index in [9.17, 15) is 69.6 Å². The monoisotopic (exact) mass is 1000 g/mol. The van der Waals surface area contributed by atoms with E-state index in [1.165, 1.54) is 41.8 Å². The Morgan fingerprint density at radius 3 is 2.09 bits per heavy atom. The molecule has 28 heteroatoms. The molecule has 2 aromatic carbocycles. The molecule has 376 valence electrons. The number of nitrogens with two attached hydrogens (primary N) is 1. The first-order chi connectivity index (χ1) is 33.1. The summed E-state index contributed by atoms with van der Waals surface area (Å²) >= 11 is 0. The van der Waals surface area contributed by atoms with Gasteiger partial charge in [-0.2, -0.15) is 26.7 Å². The Morgan fingerprint density at radius 2 is 1.43 bits per heavy atom. The van der Waals surface area contributed by atoms with Crippen LogP contribution in [0.1, 0.15) is 60.0 Å². The summed E-state index contributed by atoms with van der Waals surface area (Å²) in [6, 6.07) is 10.7. The van der Waals surface area contributed by atoms with Crippen molar-refractivity contribution in [2.24, 2.45) is 21.0 Å². The number of carboxylic acids is 1. The number of aromatic nitrogens is 1. The molecule has 0 radical (unpaired) electrons. The van der Waals surface area contributed by atoms with Crippen LogP contribution in [0.2, 0.25) is 0 Å². The molecule has 1 fully saturated rings. The van der Waals surface area contributed by atoms with E-state index < -0.39 is 107 Å². The smallest absolute Gasteiger partial charge is 0.471 e. The van der Waals surface area contributed by atoms with Gasteiger partial charge in [0, 0.05) is 25.7 Å². The zero-order valence-electron chi connectivity index (χ0n) is 36.9. The highest BCUT2D eigenvalue weighted by atomic mass is 32.2. The third-order valence-electron chi connectivity index (χ3n) is 9.95. The predicted octanol–water partition coefficient (Wildman–Crippen LogP) is 0.0721. The van der Waals surface area contributed by atoms with Crippen molar-refractivity contribution in [1.82, 2.24) is 42.2 Å². The van der Waals surface area contributed by atoms with E-state index in [1.54, 1.807) is 36.4 Å². The number of pyridine rings is 1. The minimum Gasteiger partial charge on any atom is -0.481 e. The van der Waals surface area contributed by atoms with Crippen LogP contribution in [0.4, 0.5) is 19.0 Å². The van der Waals surface area contributed by atoms with Crippen molar-refractivity contribution in [3.8, 4) is 0 Å². The summed E-state index contributed by atoms with van der Waals surface area (Å²) in [4.78, 5) is 111. The van der Waals surface area contributed by atoms with Crippen molar-refractivity contribution >= 4 is 69.2 Å². The van der Waals surface area contributed by atoms with Gasteiger partial charge in [0.15, 0.2) is 11.8 Å². The highest BCUT2D eigenvalue weighted by Gasteiger charge is 2.39. The molecule has 4 rings (SSSR count). The number of aliphatic imine (C=N–C) groups is 1. The first-order valence-electron chi connectivity index (χ1n) is 21.2. The number of hydrogen-bond donors (Lipinski definition) is 10. The van der Waals surface area contributed by atoms with Gasteiger partial charge in [0.1, 0.15) is 24.2 Å². The summed E-state index contributed by atoms with van der Waals surface area (Å²) in [5.74, 6) is -10.1. The number of carbonyl (C=O) groups excluding carboxylic acids is 7. The average molecular weight is 1000 g/mol. The number of carbonyl (C=O) groups is 8. The number of azo groups is 1. The van der Waals surface area contributed by atoms with E-state index in [4.69, 9.17) is 5.73 Å². The van der Waals surface area contributed by atoms with Crippen LogP contribution in [0.25, 0.3) is 0 Å². The topological polar surface area (TPSA) is 371 Å². The van der Waals surface area contributed by atoms with Crippen molar-refractivity contribution in [1.29, 1.82) is 0 Å². The molecule has 2 heterocycles. The van der Waals surface area contributed by atoms with Gasteiger partial charge in [0.2, 0.25) is 29.5 Å². The summed E-state index contributed by atoms with van der Waals surface area (Å²) in [5, 5.41) is 33.4. The molecule has 4 atom stereocenters. The number of nitrogens with one attached hydrogen (secondary N) is 7. The molecular formula is C42H49F3N12O12S. The number of nitrogens with zero attached hydrogens (tertiary/aromatic N) is 4. The summed E-state index contributed by atoms with van der Waals surface area (Å²) in [5.41, 5.74) is 6.24. The number of carboxylic acid groups (broad SMARTS) is 1. The van der Waals surface area contributed by atoms with Crippen molar-refractivity contribution in [3.63, 3.8) is 0 Å². The van der Waals surface area contributed by atoms with Crippen LogP contribution >= 0.6 is 0 Å². The zero-order chi connectivity index (χ0) is 51.4. The number of benzene rings is 2. The fourth-order valence-electron chi connectivity index (χ4n) is 6.48. The lowest BCUT2D eigenvalue weighted by Gasteiger charge is -2.26. The maximum Gasteiger partial charge on any atom is 0.471 e. The third-order valence-corrected chi connectivity index (χ3v) is 10.9. The molecule has 70 heavy (non-hydrogen) atoms. The standard InChI is InChI=1S/C42H49F3N12O12S/c43-42(44,45)40(66)56-41(46)48-18-8-13-27-36(62)50-23-33(58)52-30(20-34(59)60)39(65)55-29(19-24-9-2-1-3-10-24)38(64)54-28(37(63)53-27)12-6-7-17-47-35(61)26-15-16-32(49-21-26)57-51-22-25-11-4-5-14-31(25)70(67,68)69/h1-5,9-11,14-16,21,27-30H,6-8,12-13,17-20,22-23H2,(H,47,61)(H,50,62)(H,52,58)(H,53,63)(H,54,64)(H,55,65)(H,59,60)(H,67,68,69)(H3,46,48,56,66)/t27-,28-,29+,30-/m0/s1. The molecule has 1 aliphatic heterocycles. The maximum absolute atomic E-state index is 14.0. The number of unbranched alkanes of at least 4 members (excludes halogenated alkanes) is 1. The van der Waals surface area contributed by atoms with Crippen LogP contribution in [0.5, 0.6) is 0 Å². The SMILES string of the molecule is NC(=NCCC[C@@H]1NC(=O)[C@H](CCCCNC(=O)c2ccc(N=NCc3ccccc3S(=O)(=O)O)nc2)NC(=O)[C@@H](Cc2ccccc2)NC(=O)[C@H](CC(=O)O)NC(=O)CNC1=O)NC(=O)C(F)(F)F. The molecule has 0 saturated carbocycles. The van der Waals surface area contributed by atoms with Gasteiger partial charge >= 0.3 is 18.1 Å². The Kier molecular flexibility index (Phi) is 20.4. The first kappa shape index (κ1) is 54.7. The number of hydrogen-bond acceptors (Lipinski definition) is 14. The lowest BCUT2D eigenvalue weighted by atomic mass is 10.0. The van der Waals surface area contributed by atoms with E-state index in [2.05, 4.69) is 52.1 Å². The largest absolute Gasteiger partial charge is 0.481 e. The van der Waals surface area contributed by atoms with Crippen LogP contribution < -0.4 is 43.0 Å². The van der Waals surface area contributed by atoms with E-state index >= 15 is 0 Å². The van der Waals surface area contributed by atoms with Crippen LogP contribution in [-0.4, -0.2) is 126 Å². The number of alkyl halides is 3. The van der Waals surface area contributed by atoms with Gasteiger partial charge in [-0.3, -0.25) is 53.2 Å². The number of guanidine groups is 1. The first-order valence-corrected chi connectivity index (χ1v) is 22.6. The van der Waals surface area contributed by atoms with Gasteiger partial charge in [-0.25, -0.2) is 4.98 Å². The molecule has 24 nitrogen and oxygen atoms in total. The van der Waals surface area contributed by atoms with Crippen LogP contribution in [0.3, 0.4) is 0 Å². The second-order valence-electron chi connectivity index (χ2n) is 15.3. The van der Waals surface area contributed by atoms with Gasteiger partial charge < -0.3 is 42.7 Å². The van der Waals surface area contributed by atoms with Gasteiger partial charge in [-0.05, 0) is 61.4 Å². The molecule has 11 N–H and O–H groups in total. The molecule has 1 aromatic heterocycles. The fraction of sp³-hybridized carbons (Fsp3) is 0.381. The van der Waals surface area contributed by atoms with E-state index in [-0.39, 0.29) is 80.0 Å². The van der Waals surface area contributed by atoms with E-state index in [0.29, 0.717) is 5.56 Å². The molecular weight excluding hydrogens is 954 g/mol. The summed E-state index contributed by atoms with van der Waals surface area (Å²) in [7, 11) is -4.49. The Hall–Kier alpha value is -7.88. The highest BCUT2D eigenvalue weighted by molar-refractivity contribution is 7.85. The minimum absolute atomic E-state index is 0.0482. The average Bonchev–Trinajstić information content (AvgIpc) is 3.30. The molecule has 0 bridgehead atoms. The Morgan fingerprint density at radius 1 is 0.800 bits per heavy atom. The van der Waals surface area contributed by atoms with Crippen molar-refractivity contribution in [2.45, 2.75) is 86.7 Å². The predicted molar refractivity (Wildman–Crippen MR) is 238 cm³/mol. The number of rotatable bonds is 18. The van der Waals surface area contributed by atoms with Gasteiger partial charge in [-0.1, -0.05) is 48.5 Å². The highest BCUT2D eigenvalue weighted by Crippen LogP contribution is 2.18. The second-order valence-corrected chi connectivity index (χ2v) is 16.7.